The lowest BCUT2D eigenvalue weighted by atomic mass is 9.97. The first kappa shape index (κ1) is 27.5. The first-order valence-electron chi connectivity index (χ1n) is 12.2. The second kappa shape index (κ2) is 10.5. The zero-order valence-corrected chi connectivity index (χ0v) is 23.3. The van der Waals surface area contributed by atoms with Gasteiger partial charge in [-0.1, -0.05) is 64.2 Å². The Labute approximate surface area is 240 Å². The van der Waals surface area contributed by atoms with Crippen molar-refractivity contribution in [2.24, 2.45) is 5.73 Å². The smallest absolute Gasteiger partial charge is 0.335 e. The molecule has 10 heteroatoms. The number of aromatic nitrogens is 1. The summed E-state index contributed by atoms with van der Waals surface area (Å²) in [7, 11) is 0. The SMILES string of the molecule is CC(C)(O)c1onc(-c2c(Cl)cccc2Cl)c1C(N)Oc1ccc(C2CC2c2ccc(C(=O)O)cc2)c(Cl)c1. The van der Waals surface area contributed by atoms with E-state index in [1.54, 1.807) is 56.3 Å². The van der Waals surface area contributed by atoms with Crippen molar-refractivity contribution in [2.75, 3.05) is 0 Å². The molecule has 1 aromatic heterocycles. The fourth-order valence-corrected chi connectivity index (χ4v) is 5.66. The lowest BCUT2D eigenvalue weighted by Gasteiger charge is -2.21. The van der Waals surface area contributed by atoms with E-state index < -0.39 is 17.8 Å². The van der Waals surface area contributed by atoms with Gasteiger partial charge in [0.2, 0.25) is 0 Å². The molecule has 1 aliphatic carbocycles. The van der Waals surface area contributed by atoms with Gasteiger partial charge in [-0.3, -0.25) is 5.73 Å². The number of hydrogen-bond donors (Lipinski definition) is 3. The van der Waals surface area contributed by atoms with Gasteiger partial charge in [-0.2, -0.15) is 0 Å². The Kier molecular flexibility index (Phi) is 7.39. The van der Waals surface area contributed by atoms with Crippen LogP contribution in [0.1, 0.15) is 71.1 Å². The van der Waals surface area contributed by atoms with E-state index in [4.69, 9.17) is 54.9 Å². The number of aromatic carboxylic acids is 1. The molecule has 0 amide bonds. The molecule has 1 heterocycles. The normalized spacial score (nSPS) is 17.6. The van der Waals surface area contributed by atoms with Crippen LogP contribution in [0.4, 0.5) is 0 Å². The molecule has 3 unspecified atom stereocenters. The van der Waals surface area contributed by atoms with Crippen LogP contribution in [0.2, 0.25) is 15.1 Å². The van der Waals surface area contributed by atoms with Crippen molar-refractivity contribution in [1.82, 2.24) is 5.16 Å². The number of nitrogens with zero attached hydrogens (tertiary/aromatic N) is 1. The maximum absolute atomic E-state index is 11.1. The largest absolute Gasteiger partial charge is 0.478 e. The van der Waals surface area contributed by atoms with Gasteiger partial charge in [-0.15, -0.1) is 0 Å². The summed E-state index contributed by atoms with van der Waals surface area (Å²) in [5.41, 5.74) is 8.37. The number of carboxylic acids is 1. The number of halogens is 3. The van der Waals surface area contributed by atoms with Crippen LogP contribution in [0.3, 0.4) is 0 Å². The summed E-state index contributed by atoms with van der Waals surface area (Å²) >= 11 is 19.5. The summed E-state index contributed by atoms with van der Waals surface area (Å²) in [4.78, 5) is 11.1. The molecule has 0 saturated heterocycles. The molecule has 0 radical (unpaired) electrons. The zero-order chi connectivity index (χ0) is 28.1. The van der Waals surface area contributed by atoms with Crippen molar-refractivity contribution < 1.29 is 24.3 Å². The van der Waals surface area contributed by atoms with Gasteiger partial charge < -0.3 is 19.5 Å². The molecule has 4 aromatic rings. The molecule has 1 aliphatic rings. The van der Waals surface area contributed by atoms with Gasteiger partial charge in [-0.05, 0) is 79.6 Å². The first-order valence-corrected chi connectivity index (χ1v) is 13.3. The third-order valence-electron chi connectivity index (χ3n) is 6.78. The third kappa shape index (κ3) is 5.51. The van der Waals surface area contributed by atoms with Crippen LogP contribution in [0.5, 0.6) is 5.75 Å². The van der Waals surface area contributed by atoms with Gasteiger partial charge in [0, 0.05) is 10.6 Å². The average Bonchev–Trinajstić information content (AvgIpc) is 3.52. The minimum atomic E-state index is -1.42. The minimum Gasteiger partial charge on any atom is -0.478 e. The van der Waals surface area contributed by atoms with E-state index in [-0.39, 0.29) is 28.9 Å². The molecule has 0 spiro atoms. The van der Waals surface area contributed by atoms with E-state index in [0.717, 1.165) is 17.5 Å². The van der Waals surface area contributed by atoms with Crippen molar-refractivity contribution in [3.8, 4) is 17.0 Å². The predicted octanol–water partition coefficient (Wildman–Crippen LogP) is 7.53. The molecule has 5 rings (SSSR count). The molecule has 39 heavy (non-hydrogen) atoms. The van der Waals surface area contributed by atoms with E-state index in [1.165, 1.54) is 0 Å². The number of benzene rings is 3. The molecule has 202 valence electrons. The molecule has 3 aromatic carbocycles. The van der Waals surface area contributed by atoms with Crippen LogP contribution >= 0.6 is 34.8 Å². The van der Waals surface area contributed by atoms with Crippen LogP contribution in [0, 0.1) is 0 Å². The number of nitrogens with two attached hydrogens (primary N) is 1. The second-order valence-electron chi connectivity index (χ2n) is 10.0. The van der Waals surface area contributed by atoms with Gasteiger partial charge in [0.05, 0.1) is 21.2 Å². The summed E-state index contributed by atoms with van der Waals surface area (Å²) in [6, 6.07) is 17.3. The van der Waals surface area contributed by atoms with Crippen molar-refractivity contribution in [3.63, 3.8) is 0 Å². The van der Waals surface area contributed by atoms with Crippen LogP contribution in [0.15, 0.2) is 65.2 Å². The standard InChI is InChI=1S/C29H25Cl3N2O5/c1-29(2,37)26-24(25(34-39-26)23-20(30)4-3-5-21(23)31)27(33)38-16-10-11-17(22(32)12-16)19-13-18(19)14-6-8-15(9-7-14)28(35)36/h3-12,18-19,27,37H,13,33H2,1-2H3,(H,35,36). The number of aliphatic hydroxyl groups is 1. The number of hydrogen-bond acceptors (Lipinski definition) is 6. The Hall–Kier alpha value is -3.07. The highest BCUT2D eigenvalue weighted by molar-refractivity contribution is 6.39. The Morgan fingerprint density at radius 3 is 2.31 bits per heavy atom. The Morgan fingerprint density at radius 1 is 1.05 bits per heavy atom. The zero-order valence-electron chi connectivity index (χ0n) is 21.0. The van der Waals surface area contributed by atoms with E-state index in [1.807, 2.05) is 18.2 Å². The molecule has 0 aliphatic heterocycles. The van der Waals surface area contributed by atoms with Gasteiger partial charge >= 0.3 is 5.97 Å². The Morgan fingerprint density at radius 2 is 1.72 bits per heavy atom. The van der Waals surface area contributed by atoms with Crippen LogP contribution in [0.25, 0.3) is 11.3 Å². The fraction of sp³-hybridized carbons (Fsp3) is 0.241. The van der Waals surface area contributed by atoms with E-state index >= 15 is 0 Å². The molecule has 4 N–H and O–H groups in total. The van der Waals surface area contributed by atoms with Crippen LogP contribution in [-0.4, -0.2) is 21.3 Å². The Bertz CT molecular complexity index is 1530. The summed E-state index contributed by atoms with van der Waals surface area (Å²) < 4.78 is 11.6. The van der Waals surface area contributed by atoms with Gasteiger partial charge in [-0.25, -0.2) is 4.79 Å². The number of carboxylic acid groups (broad SMARTS) is 1. The molecule has 3 atom stereocenters. The average molecular weight is 588 g/mol. The maximum atomic E-state index is 11.1. The summed E-state index contributed by atoms with van der Waals surface area (Å²) in [5, 5.41) is 25.2. The lowest BCUT2D eigenvalue weighted by Crippen LogP contribution is -2.24. The highest BCUT2D eigenvalue weighted by Gasteiger charge is 2.41. The predicted molar refractivity (Wildman–Crippen MR) is 150 cm³/mol. The molecular formula is C29H25Cl3N2O5. The van der Waals surface area contributed by atoms with Crippen LogP contribution < -0.4 is 10.5 Å². The fourth-order valence-electron chi connectivity index (χ4n) is 4.77. The van der Waals surface area contributed by atoms with Crippen molar-refractivity contribution in [1.29, 1.82) is 0 Å². The second-order valence-corrected chi connectivity index (χ2v) is 11.2. The van der Waals surface area contributed by atoms with E-state index in [2.05, 4.69) is 5.16 Å². The maximum Gasteiger partial charge on any atom is 0.335 e. The van der Waals surface area contributed by atoms with Crippen LogP contribution in [-0.2, 0) is 5.60 Å². The highest BCUT2D eigenvalue weighted by Crippen LogP contribution is 2.56. The summed E-state index contributed by atoms with van der Waals surface area (Å²) in [6.45, 7) is 3.10. The van der Waals surface area contributed by atoms with Crippen molar-refractivity contribution in [3.05, 3.63) is 104 Å². The highest BCUT2D eigenvalue weighted by atomic mass is 35.5. The topological polar surface area (TPSA) is 119 Å². The number of carbonyl (C=O) groups is 1. The lowest BCUT2D eigenvalue weighted by molar-refractivity contribution is 0.0434. The third-order valence-corrected chi connectivity index (χ3v) is 7.74. The van der Waals surface area contributed by atoms with E-state index in [0.29, 0.717) is 31.9 Å². The quantitative estimate of drug-likeness (QED) is 0.182. The molecular weight excluding hydrogens is 563 g/mol. The molecule has 1 fully saturated rings. The molecule has 7 nitrogen and oxygen atoms in total. The van der Waals surface area contributed by atoms with Crippen molar-refractivity contribution >= 4 is 40.8 Å². The summed E-state index contributed by atoms with van der Waals surface area (Å²) in [5.74, 6) is 0.0591. The monoisotopic (exact) mass is 586 g/mol. The minimum absolute atomic E-state index is 0.124. The first-order chi connectivity index (χ1) is 18.5. The molecule has 0 bridgehead atoms. The van der Waals surface area contributed by atoms with Gasteiger partial charge in [0.1, 0.15) is 17.0 Å². The Balaban J connectivity index is 1.39. The van der Waals surface area contributed by atoms with Crippen molar-refractivity contribution in [2.45, 2.75) is 43.9 Å². The number of rotatable bonds is 8. The number of ether oxygens (including phenoxy) is 1. The van der Waals surface area contributed by atoms with Gasteiger partial charge in [0.15, 0.2) is 12.0 Å². The summed E-state index contributed by atoms with van der Waals surface area (Å²) in [6.07, 6.45) is -0.188. The molecule has 1 saturated carbocycles. The van der Waals surface area contributed by atoms with Gasteiger partial charge in [0.25, 0.3) is 0 Å². The van der Waals surface area contributed by atoms with E-state index in [9.17, 15) is 9.90 Å².